The maximum Gasteiger partial charge on any atom is 0.0546 e. The standard InChI is InChI=1S/C68H46N2/c1-3-17-47(18-4-1)52-22-15-23-53(45-52)48-33-39-55(40-34-48)69(56-41-35-51(36-42-56)59-25-9-12-30-65(59)70-66-31-13-10-26-63(66)64-27-11-14-32-67(64)70)68-46-54(38-43-60(68)49-19-5-2-6-20-49)58-28-16-29-61-57-24-8-7-21-50(57)37-44-62(58)61/h1-46H. The number of nitrogens with zero attached hydrogens (tertiary/aromatic N) is 2. The van der Waals surface area contributed by atoms with Crippen LogP contribution in [0, 0.1) is 0 Å². The van der Waals surface area contributed by atoms with Crippen LogP contribution < -0.4 is 4.90 Å². The smallest absolute Gasteiger partial charge is 0.0546 e. The van der Waals surface area contributed by atoms with Crippen LogP contribution in [0.2, 0.25) is 0 Å². The molecule has 0 unspecified atom stereocenters. The van der Waals surface area contributed by atoms with Crippen molar-refractivity contribution >= 4 is 60.4 Å². The lowest BCUT2D eigenvalue weighted by atomic mass is 9.92. The predicted octanol–water partition coefficient (Wildman–Crippen LogP) is 18.9. The molecule has 1 heterocycles. The van der Waals surface area contributed by atoms with Gasteiger partial charge in [-0.25, -0.2) is 0 Å². The minimum atomic E-state index is 1.06. The molecule has 2 heteroatoms. The summed E-state index contributed by atoms with van der Waals surface area (Å²) in [4.78, 5) is 2.44. The number of aromatic nitrogens is 1. The molecular weight excluding hydrogens is 845 g/mol. The molecule has 0 bridgehead atoms. The van der Waals surface area contributed by atoms with E-state index in [0.717, 1.165) is 45.0 Å². The van der Waals surface area contributed by atoms with E-state index < -0.39 is 0 Å². The van der Waals surface area contributed by atoms with E-state index in [-0.39, 0.29) is 0 Å². The van der Waals surface area contributed by atoms with Crippen molar-refractivity contribution in [1.82, 2.24) is 4.57 Å². The van der Waals surface area contributed by atoms with Crippen molar-refractivity contribution in [2.24, 2.45) is 0 Å². The third-order valence-corrected chi connectivity index (χ3v) is 14.0. The molecule has 2 nitrogen and oxygen atoms in total. The van der Waals surface area contributed by atoms with Gasteiger partial charge in [0.05, 0.1) is 22.4 Å². The van der Waals surface area contributed by atoms with Crippen LogP contribution in [0.3, 0.4) is 0 Å². The summed E-state index contributed by atoms with van der Waals surface area (Å²) < 4.78 is 2.42. The number of hydrogen-bond donors (Lipinski definition) is 0. The zero-order valence-electron chi connectivity index (χ0n) is 38.5. The Morgan fingerprint density at radius 1 is 0.243 bits per heavy atom. The van der Waals surface area contributed by atoms with E-state index in [1.54, 1.807) is 0 Å². The Morgan fingerprint density at radius 3 is 1.43 bits per heavy atom. The maximum absolute atomic E-state index is 2.44. The Labute approximate surface area is 408 Å². The summed E-state index contributed by atoms with van der Waals surface area (Å²) in [5.41, 5.74) is 18.5. The van der Waals surface area contributed by atoms with Crippen molar-refractivity contribution in [2.75, 3.05) is 4.90 Å². The van der Waals surface area contributed by atoms with Crippen LogP contribution in [0.5, 0.6) is 0 Å². The summed E-state index contributed by atoms with van der Waals surface area (Å²) >= 11 is 0. The average Bonchev–Trinajstić information content (AvgIpc) is 3.78. The molecule has 0 fully saturated rings. The molecule has 1 aromatic heterocycles. The van der Waals surface area contributed by atoms with Gasteiger partial charge >= 0.3 is 0 Å². The van der Waals surface area contributed by atoms with Gasteiger partial charge in [-0.15, -0.1) is 0 Å². The van der Waals surface area contributed by atoms with Gasteiger partial charge in [0.2, 0.25) is 0 Å². The molecule has 0 saturated carbocycles. The zero-order chi connectivity index (χ0) is 46.4. The number of fused-ring (bicyclic) bond motifs is 6. The lowest BCUT2D eigenvalue weighted by Gasteiger charge is -2.29. The topological polar surface area (TPSA) is 8.17 Å². The minimum absolute atomic E-state index is 1.06. The third kappa shape index (κ3) is 7.22. The van der Waals surface area contributed by atoms with Crippen molar-refractivity contribution in [3.63, 3.8) is 0 Å². The summed E-state index contributed by atoms with van der Waals surface area (Å²) in [7, 11) is 0. The molecule has 0 aliphatic heterocycles. The Bertz CT molecular complexity index is 3980. The second kappa shape index (κ2) is 17.4. The first-order chi connectivity index (χ1) is 34.7. The largest absolute Gasteiger partial charge is 0.310 e. The number of anilines is 3. The van der Waals surface area contributed by atoms with Crippen molar-refractivity contribution in [3.8, 4) is 61.3 Å². The van der Waals surface area contributed by atoms with E-state index in [1.807, 2.05) is 0 Å². The van der Waals surface area contributed by atoms with Gasteiger partial charge < -0.3 is 9.47 Å². The third-order valence-electron chi connectivity index (χ3n) is 14.0. The van der Waals surface area contributed by atoms with Crippen LogP contribution in [0.1, 0.15) is 0 Å². The van der Waals surface area contributed by atoms with Crippen LogP contribution >= 0.6 is 0 Å². The Kier molecular flexibility index (Phi) is 10.2. The molecule has 13 aromatic rings. The van der Waals surface area contributed by atoms with Gasteiger partial charge in [-0.1, -0.05) is 224 Å². The van der Waals surface area contributed by atoms with Gasteiger partial charge in [0.1, 0.15) is 0 Å². The van der Waals surface area contributed by atoms with Crippen molar-refractivity contribution in [2.45, 2.75) is 0 Å². The SMILES string of the molecule is c1ccc(-c2cccc(-c3ccc(N(c4ccc(-c5ccccc5-n5c6ccccc6c6ccccc65)cc4)c4cc(-c5cccc6c5ccc5ccccc56)ccc4-c4ccccc4)cc3)c2)cc1. The average molecular weight is 891 g/mol. The van der Waals surface area contributed by atoms with Crippen LogP contribution in [0.15, 0.2) is 279 Å². The van der Waals surface area contributed by atoms with Gasteiger partial charge in [0, 0.05) is 33.3 Å². The molecule has 328 valence electrons. The number of rotatable bonds is 9. The lowest BCUT2D eigenvalue weighted by molar-refractivity contribution is 1.18. The molecule has 0 radical (unpaired) electrons. The highest BCUT2D eigenvalue weighted by Crippen LogP contribution is 2.46. The monoisotopic (exact) mass is 890 g/mol. The normalized spacial score (nSPS) is 11.4. The highest BCUT2D eigenvalue weighted by atomic mass is 15.1. The maximum atomic E-state index is 2.44. The van der Waals surface area contributed by atoms with E-state index in [1.165, 1.54) is 76.7 Å². The highest BCUT2D eigenvalue weighted by molar-refractivity contribution is 6.13. The van der Waals surface area contributed by atoms with Gasteiger partial charge in [0.15, 0.2) is 0 Å². The van der Waals surface area contributed by atoms with Gasteiger partial charge in [0.25, 0.3) is 0 Å². The fourth-order valence-electron chi connectivity index (χ4n) is 10.7. The van der Waals surface area contributed by atoms with E-state index in [0.29, 0.717) is 0 Å². The summed E-state index contributed by atoms with van der Waals surface area (Å²) in [6.07, 6.45) is 0. The molecule has 0 saturated heterocycles. The quantitative estimate of drug-likeness (QED) is 0.131. The number of para-hydroxylation sites is 3. The first-order valence-corrected chi connectivity index (χ1v) is 24.1. The van der Waals surface area contributed by atoms with Crippen LogP contribution in [0.25, 0.3) is 105 Å². The van der Waals surface area contributed by atoms with Crippen molar-refractivity contribution in [3.05, 3.63) is 279 Å². The summed E-state index contributed by atoms with van der Waals surface area (Å²) in [5.74, 6) is 0. The Morgan fingerprint density at radius 2 is 0.729 bits per heavy atom. The molecular formula is C68H46N2. The predicted molar refractivity (Wildman–Crippen MR) is 298 cm³/mol. The Balaban J connectivity index is 0.984. The Hall–Kier alpha value is -9.24. The second-order valence-corrected chi connectivity index (χ2v) is 18.0. The summed E-state index contributed by atoms with van der Waals surface area (Å²) in [5, 5.41) is 7.50. The molecule has 70 heavy (non-hydrogen) atoms. The summed E-state index contributed by atoms with van der Waals surface area (Å²) in [6, 6.07) is 102. The summed E-state index contributed by atoms with van der Waals surface area (Å²) in [6.45, 7) is 0. The second-order valence-electron chi connectivity index (χ2n) is 18.0. The van der Waals surface area contributed by atoms with Crippen LogP contribution in [-0.2, 0) is 0 Å². The highest BCUT2D eigenvalue weighted by Gasteiger charge is 2.21. The minimum Gasteiger partial charge on any atom is -0.310 e. The molecule has 0 aliphatic carbocycles. The first kappa shape index (κ1) is 41.0. The molecule has 0 spiro atoms. The first-order valence-electron chi connectivity index (χ1n) is 24.1. The van der Waals surface area contributed by atoms with Gasteiger partial charge in [-0.2, -0.15) is 0 Å². The number of hydrogen-bond acceptors (Lipinski definition) is 1. The molecule has 12 aromatic carbocycles. The zero-order valence-corrected chi connectivity index (χ0v) is 38.5. The molecule has 0 atom stereocenters. The van der Waals surface area contributed by atoms with E-state index in [9.17, 15) is 0 Å². The van der Waals surface area contributed by atoms with Gasteiger partial charge in [-0.3, -0.25) is 0 Å². The van der Waals surface area contributed by atoms with Gasteiger partial charge in [-0.05, 0) is 121 Å². The number of benzene rings is 12. The molecule has 0 amide bonds. The van der Waals surface area contributed by atoms with Crippen LogP contribution in [-0.4, -0.2) is 4.57 Å². The molecule has 13 rings (SSSR count). The van der Waals surface area contributed by atoms with E-state index >= 15 is 0 Å². The fourth-order valence-corrected chi connectivity index (χ4v) is 10.7. The van der Waals surface area contributed by atoms with Crippen molar-refractivity contribution < 1.29 is 0 Å². The molecule has 0 aliphatic rings. The van der Waals surface area contributed by atoms with Crippen LogP contribution in [0.4, 0.5) is 17.1 Å². The fraction of sp³-hybridized carbons (Fsp3) is 0. The molecule has 0 N–H and O–H groups in total. The van der Waals surface area contributed by atoms with E-state index in [2.05, 4.69) is 289 Å². The van der Waals surface area contributed by atoms with E-state index in [4.69, 9.17) is 0 Å². The van der Waals surface area contributed by atoms with Crippen molar-refractivity contribution in [1.29, 1.82) is 0 Å². The lowest BCUT2D eigenvalue weighted by Crippen LogP contribution is -2.11.